The second-order valence-corrected chi connectivity index (χ2v) is 6.64. The van der Waals surface area contributed by atoms with Gasteiger partial charge in [0.2, 0.25) is 7.44 Å². The Morgan fingerprint density at radius 2 is 1.75 bits per heavy atom. The molecule has 0 aromatic heterocycles. The molecular weight excluding hydrogens is 175 g/mol. The molecule has 2 atom stereocenters. The Morgan fingerprint density at radius 3 is 2.08 bits per heavy atom. The van der Waals surface area contributed by atoms with Gasteiger partial charge in [0.05, 0.1) is 6.10 Å². The highest BCUT2D eigenvalue weighted by molar-refractivity contribution is 7.60. The van der Waals surface area contributed by atoms with E-state index >= 15 is 0 Å². The maximum atomic E-state index is 12.4. The molecule has 0 saturated carbocycles. The van der Waals surface area contributed by atoms with Crippen molar-refractivity contribution in [3.63, 3.8) is 0 Å². The minimum Gasteiger partial charge on any atom is -0.359 e. The molecule has 5 heteroatoms. The largest absolute Gasteiger partial charge is 0.359 e. The van der Waals surface area contributed by atoms with Crippen molar-refractivity contribution in [1.29, 1.82) is 0 Å². The number of likely N-dealkylation sites (N-methyl/N-ethyl adjacent to an activating group) is 2. The van der Waals surface area contributed by atoms with Crippen LogP contribution in [0.5, 0.6) is 0 Å². The van der Waals surface area contributed by atoms with Gasteiger partial charge in [0.1, 0.15) is 0 Å². The summed E-state index contributed by atoms with van der Waals surface area (Å²) in [5, 5.41) is 0. The predicted octanol–water partition coefficient (Wildman–Crippen LogP) is 0.802. The topological polar surface area (TPSA) is 36.1 Å². The molecule has 0 bridgehead atoms. The molecule has 0 aromatic rings. The average molecular weight is 190 g/mol. The molecule has 0 radical (unpaired) electrons. The molecule has 70 valence electrons. The third kappa shape index (κ3) is 0.990. The fraction of sp³-hybridized carbons (Fsp3) is 1.00. The van der Waals surface area contributed by atoms with E-state index in [2.05, 4.69) is 0 Å². The fourth-order valence-corrected chi connectivity index (χ4v) is 4.70. The SMILES string of the molecule is C[C@H]1O[C@H]1P1(=O)N(C)CCN1C. The molecule has 0 aliphatic carbocycles. The van der Waals surface area contributed by atoms with E-state index < -0.39 is 7.44 Å². The van der Waals surface area contributed by atoms with Crippen molar-refractivity contribution in [3.05, 3.63) is 0 Å². The summed E-state index contributed by atoms with van der Waals surface area (Å²) >= 11 is 0. The predicted molar refractivity (Wildman–Crippen MR) is 47.2 cm³/mol. The van der Waals surface area contributed by atoms with Gasteiger partial charge in [-0.2, -0.15) is 0 Å². The molecule has 0 amide bonds. The summed E-state index contributed by atoms with van der Waals surface area (Å²) in [7, 11) is 1.51. The number of hydrogen-bond acceptors (Lipinski definition) is 2. The first-order valence-corrected chi connectivity index (χ1v) is 5.93. The summed E-state index contributed by atoms with van der Waals surface area (Å²) in [5.41, 5.74) is 0. The second kappa shape index (κ2) is 2.55. The number of rotatable bonds is 1. The third-order valence-corrected chi connectivity index (χ3v) is 6.30. The van der Waals surface area contributed by atoms with E-state index in [4.69, 9.17) is 4.74 Å². The van der Waals surface area contributed by atoms with Crippen LogP contribution in [0.3, 0.4) is 0 Å². The standard InChI is InChI=1S/C7H15N2O2P/c1-6-7(11-6)12(10)8(2)4-5-9(12)3/h6-7H,4-5H2,1-3H3/t6-,7+/m1/s1. The van der Waals surface area contributed by atoms with Crippen LogP contribution >= 0.6 is 7.44 Å². The van der Waals surface area contributed by atoms with Crippen LogP contribution in [0.15, 0.2) is 0 Å². The minimum atomic E-state index is -2.32. The van der Waals surface area contributed by atoms with Crippen LogP contribution < -0.4 is 0 Å². The van der Waals surface area contributed by atoms with E-state index in [1.807, 2.05) is 30.4 Å². The van der Waals surface area contributed by atoms with Crippen molar-refractivity contribution in [3.8, 4) is 0 Å². The van der Waals surface area contributed by atoms with E-state index in [1.165, 1.54) is 0 Å². The summed E-state index contributed by atoms with van der Waals surface area (Å²) in [4.78, 5) is 0. The second-order valence-electron chi connectivity index (χ2n) is 3.58. The Balaban J connectivity index is 2.23. The molecule has 2 aliphatic heterocycles. The third-order valence-electron chi connectivity index (χ3n) is 2.74. The number of nitrogens with zero attached hydrogens (tertiary/aromatic N) is 2. The highest BCUT2D eigenvalue weighted by atomic mass is 31.2. The first-order valence-electron chi connectivity index (χ1n) is 4.25. The first-order chi connectivity index (χ1) is 5.56. The van der Waals surface area contributed by atoms with Gasteiger partial charge in [-0.25, -0.2) is 9.34 Å². The maximum absolute atomic E-state index is 12.4. The van der Waals surface area contributed by atoms with E-state index in [0.717, 1.165) is 13.1 Å². The van der Waals surface area contributed by atoms with E-state index in [1.54, 1.807) is 0 Å². The maximum Gasteiger partial charge on any atom is 0.246 e. The molecule has 12 heavy (non-hydrogen) atoms. The van der Waals surface area contributed by atoms with Gasteiger partial charge >= 0.3 is 0 Å². The van der Waals surface area contributed by atoms with Crippen molar-refractivity contribution in [2.75, 3.05) is 27.2 Å². The van der Waals surface area contributed by atoms with Crippen molar-refractivity contribution in [1.82, 2.24) is 9.34 Å². The molecule has 2 saturated heterocycles. The lowest BCUT2D eigenvalue weighted by Gasteiger charge is -2.23. The summed E-state index contributed by atoms with van der Waals surface area (Å²) in [6.07, 6.45) is 0.179. The number of hydrogen-bond donors (Lipinski definition) is 0. The molecule has 2 fully saturated rings. The van der Waals surface area contributed by atoms with Gasteiger partial charge in [0.15, 0.2) is 5.85 Å². The van der Waals surface area contributed by atoms with Gasteiger partial charge in [0.25, 0.3) is 0 Å². The number of ether oxygens (including phenoxy) is 1. The van der Waals surface area contributed by atoms with Crippen LogP contribution in [0.1, 0.15) is 6.92 Å². The summed E-state index contributed by atoms with van der Waals surface area (Å²) in [6.45, 7) is 3.75. The molecule has 0 spiro atoms. The Kier molecular flexibility index (Phi) is 1.85. The lowest BCUT2D eigenvalue weighted by Crippen LogP contribution is -2.17. The molecule has 4 nitrogen and oxygen atoms in total. The summed E-state index contributed by atoms with van der Waals surface area (Å²) < 4.78 is 21.6. The quantitative estimate of drug-likeness (QED) is 0.452. The monoisotopic (exact) mass is 190 g/mol. The highest BCUT2D eigenvalue weighted by Crippen LogP contribution is 2.65. The van der Waals surface area contributed by atoms with E-state index in [-0.39, 0.29) is 11.9 Å². The Bertz CT molecular complexity index is 232. The molecule has 2 rings (SSSR count). The van der Waals surface area contributed by atoms with Gasteiger partial charge in [-0.3, -0.25) is 4.57 Å². The molecule has 0 N–H and O–H groups in total. The van der Waals surface area contributed by atoms with Crippen LogP contribution in [0.25, 0.3) is 0 Å². The Morgan fingerprint density at radius 1 is 1.33 bits per heavy atom. The molecule has 0 unspecified atom stereocenters. The van der Waals surface area contributed by atoms with Crippen LogP contribution in [0.4, 0.5) is 0 Å². The van der Waals surface area contributed by atoms with Crippen molar-refractivity contribution in [2.45, 2.75) is 18.9 Å². The van der Waals surface area contributed by atoms with Crippen LogP contribution in [0, 0.1) is 0 Å². The van der Waals surface area contributed by atoms with Gasteiger partial charge in [-0.15, -0.1) is 0 Å². The van der Waals surface area contributed by atoms with E-state index in [9.17, 15) is 4.57 Å². The zero-order chi connectivity index (χ0) is 8.93. The zero-order valence-electron chi connectivity index (χ0n) is 7.73. The van der Waals surface area contributed by atoms with Gasteiger partial charge in [-0.05, 0) is 21.0 Å². The normalized spacial score (nSPS) is 41.9. The van der Waals surface area contributed by atoms with Gasteiger partial charge < -0.3 is 4.74 Å². The van der Waals surface area contributed by atoms with Crippen molar-refractivity contribution < 1.29 is 9.30 Å². The number of epoxide rings is 1. The fourth-order valence-electron chi connectivity index (χ4n) is 1.75. The smallest absolute Gasteiger partial charge is 0.246 e. The minimum absolute atomic E-state index is 0.0324. The van der Waals surface area contributed by atoms with Crippen LogP contribution in [-0.2, 0) is 9.30 Å². The molecule has 2 heterocycles. The first kappa shape index (κ1) is 8.70. The summed E-state index contributed by atoms with van der Waals surface area (Å²) in [5.74, 6) is -0.0324. The van der Waals surface area contributed by atoms with Crippen molar-refractivity contribution >= 4 is 7.44 Å². The van der Waals surface area contributed by atoms with Crippen LogP contribution in [0.2, 0.25) is 0 Å². The van der Waals surface area contributed by atoms with Crippen molar-refractivity contribution in [2.24, 2.45) is 0 Å². The average Bonchev–Trinajstić information content (AvgIpc) is 2.70. The van der Waals surface area contributed by atoms with Gasteiger partial charge in [-0.1, -0.05) is 0 Å². The highest BCUT2D eigenvalue weighted by Gasteiger charge is 2.56. The summed E-state index contributed by atoms with van der Waals surface area (Å²) in [6, 6.07) is 0. The molecule has 2 aliphatic rings. The Labute approximate surface area is 73.0 Å². The van der Waals surface area contributed by atoms with Crippen LogP contribution in [-0.4, -0.2) is 48.5 Å². The lowest BCUT2D eigenvalue weighted by molar-refractivity contribution is 0.388. The van der Waals surface area contributed by atoms with Gasteiger partial charge in [0, 0.05) is 13.1 Å². The van der Waals surface area contributed by atoms with E-state index in [0.29, 0.717) is 0 Å². The zero-order valence-corrected chi connectivity index (χ0v) is 8.62. The molecule has 0 aromatic carbocycles. The lowest BCUT2D eigenvalue weighted by atomic mass is 10.6. The molecular formula is C7H15N2O2P. The Hall–Kier alpha value is 0.110.